The number of methoxy groups -OCH3 is 1. The predicted octanol–water partition coefficient (Wildman–Crippen LogP) is 4.33. The van der Waals surface area contributed by atoms with Crippen molar-refractivity contribution in [3.63, 3.8) is 0 Å². The second kappa shape index (κ2) is 9.70. The Morgan fingerprint density at radius 2 is 1.92 bits per heavy atom. The van der Waals surface area contributed by atoms with Crippen LogP contribution in [0.2, 0.25) is 0 Å². The molecule has 0 aliphatic heterocycles. The van der Waals surface area contributed by atoms with Crippen LogP contribution in [0.25, 0.3) is 0 Å². The maximum atomic E-state index is 12.2. The van der Waals surface area contributed by atoms with E-state index in [1.54, 1.807) is 7.11 Å². The minimum absolute atomic E-state index is 0.188. The quantitative estimate of drug-likeness (QED) is 0.740. The topological polar surface area (TPSA) is 59.6 Å². The molecule has 5 heteroatoms. The average Bonchev–Trinajstić information content (AvgIpc) is 2.64. The van der Waals surface area contributed by atoms with Gasteiger partial charge in [0.1, 0.15) is 0 Å². The number of amides is 2. The molecule has 0 radical (unpaired) electrons. The second-order valence-corrected chi connectivity index (χ2v) is 6.01. The Morgan fingerprint density at radius 3 is 2.62 bits per heavy atom. The molecule has 0 spiro atoms. The van der Waals surface area contributed by atoms with Crippen molar-refractivity contribution in [1.29, 1.82) is 0 Å². The van der Waals surface area contributed by atoms with E-state index < -0.39 is 0 Å². The van der Waals surface area contributed by atoms with Crippen LogP contribution in [0.3, 0.4) is 0 Å². The maximum Gasteiger partial charge on any atom is 0.319 e. The lowest BCUT2D eigenvalue weighted by atomic mass is 10.1. The number of aryl methyl sites for hydroxylation is 2. The molecule has 2 amide bonds. The Hall–Kier alpha value is -2.69. The van der Waals surface area contributed by atoms with Crippen molar-refractivity contribution in [1.82, 2.24) is 5.32 Å². The number of nitrogens with one attached hydrogen (secondary N) is 2. The Labute approximate surface area is 155 Å². The van der Waals surface area contributed by atoms with Crippen molar-refractivity contribution in [2.45, 2.75) is 33.6 Å². The van der Waals surface area contributed by atoms with Gasteiger partial charge < -0.3 is 20.1 Å². The molecule has 5 nitrogen and oxygen atoms in total. The molecule has 0 aromatic heterocycles. The summed E-state index contributed by atoms with van der Waals surface area (Å²) < 4.78 is 10.9. The first-order valence-corrected chi connectivity index (χ1v) is 9.02. The van der Waals surface area contributed by atoms with E-state index in [4.69, 9.17) is 9.47 Å². The summed E-state index contributed by atoms with van der Waals surface area (Å²) in [6, 6.07) is 11.7. The van der Waals surface area contributed by atoms with Crippen LogP contribution in [0.5, 0.6) is 11.5 Å². The number of anilines is 1. The Bertz CT molecular complexity index is 744. The lowest BCUT2D eigenvalue weighted by Gasteiger charge is -2.14. The minimum Gasteiger partial charge on any atom is -0.493 e. The highest BCUT2D eigenvalue weighted by Gasteiger charge is 2.09. The van der Waals surface area contributed by atoms with E-state index in [0.717, 1.165) is 34.5 Å². The lowest BCUT2D eigenvalue weighted by molar-refractivity contribution is 0.252. The molecule has 2 rings (SSSR count). The molecule has 26 heavy (non-hydrogen) atoms. The molecule has 0 fully saturated rings. The third-order valence-corrected chi connectivity index (χ3v) is 4.21. The van der Waals surface area contributed by atoms with Gasteiger partial charge in [0.05, 0.1) is 13.7 Å². The summed E-state index contributed by atoms with van der Waals surface area (Å²) in [4.78, 5) is 12.2. The molecule has 0 saturated heterocycles. The number of urea groups is 1. The van der Waals surface area contributed by atoms with Crippen LogP contribution >= 0.6 is 0 Å². The van der Waals surface area contributed by atoms with Crippen LogP contribution < -0.4 is 20.1 Å². The van der Waals surface area contributed by atoms with E-state index in [9.17, 15) is 4.79 Å². The Morgan fingerprint density at radius 1 is 1.12 bits per heavy atom. The van der Waals surface area contributed by atoms with Gasteiger partial charge >= 0.3 is 6.03 Å². The van der Waals surface area contributed by atoms with E-state index >= 15 is 0 Å². The average molecular weight is 356 g/mol. The molecule has 0 atom stereocenters. The fourth-order valence-corrected chi connectivity index (χ4v) is 2.82. The van der Waals surface area contributed by atoms with E-state index in [1.807, 2.05) is 50.2 Å². The molecule has 140 valence electrons. The van der Waals surface area contributed by atoms with E-state index in [0.29, 0.717) is 25.3 Å². The zero-order chi connectivity index (χ0) is 18.9. The van der Waals surface area contributed by atoms with Crippen molar-refractivity contribution in [3.8, 4) is 11.5 Å². The molecule has 0 heterocycles. The number of carbonyl (C=O) groups excluding carboxylic acids is 1. The summed E-state index contributed by atoms with van der Waals surface area (Å²) >= 11 is 0. The molecular weight excluding hydrogens is 328 g/mol. The van der Waals surface area contributed by atoms with Crippen LogP contribution in [-0.4, -0.2) is 26.3 Å². The first kappa shape index (κ1) is 19.6. The summed E-state index contributed by atoms with van der Waals surface area (Å²) in [5, 5.41) is 5.88. The van der Waals surface area contributed by atoms with Gasteiger partial charge in [0.2, 0.25) is 0 Å². The molecule has 2 N–H and O–H groups in total. The normalized spacial score (nSPS) is 10.3. The van der Waals surface area contributed by atoms with Gasteiger partial charge in [-0.3, -0.25) is 0 Å². The van der Waals surface area contributed by atoms with Gasteiger partial charge in [0.15, 0.2) is 11.5 Å². The summed E-state index contributed by atoms with van der Waals surface area (Å²) in [6.07, 6.45) is 1.59. The van der Waals surface area contributed by atoms with Crippen molar-refractivity contribution in [2.24, 2.45) is 0 Å². The van der Waals surface area contributed by atoms with Crippen molar-refractivity contribution >= 4 is 11.7 Å². The van der Waals surface area contributed by atoms with Gasteiger partial charge in [-0.1, -0.05) is 31.2 Å². The Kier molecular flexibility index (Phi) is 7.33. The summed E-state index contributed by atoms with van der Waals surface area (Å²) in [7, 11) is 1.63. The second-order valence-electron chi connectivity index (χ2n) is 6.01. The number of hydrogen-bond donors (Lipinski definition) is 2. The fraction of sp³-hybridized carbons (Fsp3) is 0.381. The molecular formula is C21H28N2O3. The third-order valence-electron chi connectivity index (χ3n) is 4.21. The minimum atomic E-state index is -0.188. The highest BCUT2D eigenvalue weighted by atomic mass is 16.5. The van der Waals surface area contributed by atoms with Gasteiger partial charge in [-0.05, 0) is 55.5 Å². The highest BCUT2D eigenvalue weighted by Crippen LogP contribution is 2.28. The van der Waals surface area contributed by atoms with Crippen LogP contribution in [-0.2, 0) is 12.8 Å². The van der Waals surface area contributed by atoms with E-state index in [2.05, 4.69) is 17.6 Å². The van der Waals surface area contributed by atoms with Crippen molar-refractivity contribution in [2.75, 3.05) is 25.6 Å². The van der Waals surface area contributed by atoms with Gasteiger partial charge in [-0.15, -0.1) is 0 Å². The Balaban J connectivity index is 1.91. The number of benzene rings is 2. The highest BCUT2D eigenvalue weighted by molar-refractivity contribution is 5.91. The summed E-state index contributed by atoms with van der Waals surface area (Å²) in [6.45, 7) is 7.15. The lowest BCUT2D eigenvalue weighted by Crippen LogP contribution is -2.31. The third kappa shape index (κ3) is 5.15. The van der Waals surface area contributed by atoms with Gasteiger partial charge in [-0.25, -0.2) is 4.79 Å². The van der Waals surface area contributed by atoms with E-state index in [1.165, 1.54) is 0 Å². The number of para-hydroxylation sites is 1. The maximum absolute atomic E-state index is 12.2. The largest absolute Gasteiger partial charge is 0.493 e. The van der Waals surface area contributed by atoms with Gasteiger partial charge in [0.25, 0.3) is 0 Å². The molecule has 0 saturated carbocycles. The fourth-order valence-electron chi connectivity index (χ4n) is 2.82. The number of carbonyl (C=O) groups is 1. The van der Waals surface area contributed by atoms with Crippen LogP contribution in [0, 0.1) is 6.92 Å². The SMILES string of the molecule is CCOc1ccc(CCNC(=O)Nc2c(C)cccc2CC)cc1OC. The molecule has 0 aliphatic carbocycles. The van der Waals surface area contributed by atoms with Crippen LogP contribution in [0.4, 0.5) is 10.5 Å². The summed E-state index contributed by atoms with van der Waals surface area (Å²) in [5.74, 6) is 1.44. The first-order valence-electron chi connectivity index (χ1n) is 9.02. The molecule has 0 bridgehead atoms. The number of rotatable bonds is 8. The van der Waals surface area contributed by atoms with Gasteiger partial charge in [-0.2, -0.15) is 0 Å². The van der Waals surface area contributed by atoms with E-state index in [-0.39, 0.29) is 6.03 Å². The molecule has 0 aliphatic rings. The first-order chi connectivity index (χ1) is 12.6. The number of ether oxygens (including phenoxy) is 2. The molecule has 2 aromatic rings. The van der Waals surface area contributed by atoms with Gasteiger partial charge in [0, 0.05) is 12.2 Å². The van der Waals surface area contributed by atoms with Crippen LogP contribution in [0.1, 0.15) is 30.5 Å². The predicted molar refractivity (Wildman–Crippen MR) is 105 cm³/mol. The number of hydrogen-bond acceptors (Lipinski definition) is 3. The van der Waals surface area contributed by atoms with Crippen molar-refractivity contribution < 1.29 is 14.3 Å². The van der Waals surface area contributed by atoms with Crippen LogP contribution in [0.15, 0.2) is 36.4 Å². The standard InChI is InChI=1S/C21H28N2O3/c1-5-17-9-7-8-15(3)20(17)23-21(24)22-13-12-16-10-11-18(26-6-2)19(14-16)25-4/h7-11,14H,5-6,12-13H2,1-4H3,(H2,22,23,24). The molecule has 0 unspecified atom stereocenters. The monoisotopic (exact) mass is 356 g/mol. The molecule has 2 aromatic carbocycles. The summed E-state index contributed by atoms with van der Waals surface area (Å²) in [5.41, 5.74) is 4.18. The zero-order valence-electron chi connectivity index (χ0n) is 16.0. The van der Waals surface area contributed by atoms with Crippen molar-refractivity contribution in [3.05, 3.63) is 53.1 Å². The smallest absolute Gasteiger partial charge is 0.319 e. The zero-order valence-corrected chi connectivity index (χ0v) is 16.0.